The monoisotopic (exact) mass is 335 g/mol. The number of aliphatic carboxylic acids is 1. The van der Waals surface area contributed by atoms with Gasteiger partial charge in [0.15, 0.2) is 0 Å². The van der Waals surface area contributed by atoms with Crippen molar-refractivity contribution < 1.29 is 14.7 Å². The predicted octanol–water partition coefficient (Wildman–Crippen LogP) is 2.45. The lowest BCUT2D eigenvalue weighted by Gasteiger charge is -2.06. The van der Waals surface area contributed by atoms with E-state index in [2.05, 4.69) is 10.6 Å². The minimum Gasteiger partial charge on any atom is -0.481 e. The maximum absolute atomic E-state index is 12.0. The van der Waals surface area contributed by atoms with Crippen molar-refractivity contribution in [3.8, 4) is 6.07 Å². The van der Waals surface area contributed by atoms with E-state index in [1.165, 1.54) is 6.20 Å². The van der Waals surface area contributed by atoms with Crippen molar-refractivity contribution in [2.24, 2.45) is 0 Å². The summed E-state index contributed by atoms with van der Waals surface area (Å²) in [4.78, 5) is 22.7. The van der Waals surface area contributed by atoms with Gasteiger partial charge in [0.25, 0.3) is 5.91 Å². The van der Waals surface area contributed by atoms with E-state index in [9.17, 15) is 9.59 Å². The Balaban J connectivity index is 1.94. The van der Waals surface area contributed by atoms with Crippen LogP contribution < -0.4 is 10.6 Å². The predicted molar refractivity (Wildman–Crippen MR) is 93.4 cm³/mol. The molecule has 0 bridgehead atoms. The number of nitrogens with one attached hydrogen (secondary N) is 2. The van der Waals surface area contributed by atoms with Crippen LogP contribution in [0.3, 0.4) is 0 Å². The number of hydrogen-bond acceptors (Lipinski definition) is 4. The van der Waals surface area contributed by atoms with E-state index in [4.69, 9.17) is 10.4 Å². The van der Waals surface area contributed by atoms with Crippen LogP contribution in [0.25, 0.3) is 0 Å². The lowest BCUT2D eigenvalue weighted by atomic mass is 10.1. The van der Waals surface area contributed by atoms with Gasteiger partial charge in [-0.3, -0.25) is 9.59 Å². The number of amides is 1. The number of benzene rings is 2. The van der Waals surface area contributed by atoms with Gasteiger partial charge in [0.2, 0.25) is 0 Å². The summed E-state index contributed by atoms with van der Waals surface area (Å²) in [6, 6.07) is 18.0. The summed E-state index contributed by atoms with van der Waals surface area (Å²) in [6.07, 6.45) is 1.27. The highest BCUT2D eigenvalue weighted by atomic mass is 16.4. The zero-order chi connectivity index (χ0) is 18.1. The summed E-state index contributed by atoms with van der Waals surface area (Å²) >= 11 is 0. The van der Waals surface area contributed by atoms with E-state index in [1.54, 1.807) is 24.3 Å². The molecule has 1 amide bonds. The lowest BCUT2D eigenvalue weighted by Crippen LogP contribution is -2.24. The molecule has 0 saturated carbocycles. The summed E-state index contributed by atoms with van der Waals surface area (Å²) in [7, 11) is 0. The summed E-state index contributed by atoms with van der Waals surface area (Å²) in [5.74, 6) is -1.37. The van der Waals surface area contributed by atoms with Crippen LogP contribution in [0.1, 0.15) is 11.1 Å². The zero-order valence-corrected chi connectivity index (χ0v) is 13.4. The fourth-order valence-electron chi connectivity index (χ4n) is 2.07. The van der Waals surface area contributed by atoms with Gasteiger partial charge in [-0.25, -0.2) is 0 Å². The lowest BCUT2D eigenvalue weighted by molar-refractivity contribution is -0.136. The Labute approximate surface area is 145 Å². The molecule has 3 N–H and O–H groups in total. The number of carboxylic acid groups (broad SMARTS) is 1. The van der Waals surface area contributed by atoms with Crippen LogP contribution in [0.5, 0.6) is 0 Å². The van der Waals surface area contributed by atoms with E-state index in [0.717, 1.165) is 5.56 Å². The quantitative estimate of drug-likeness (QED) is 0.533. The molecule has 0 aliphatic carbocycles. The number of rotatable bonds is 7. The number of nitrogens with zero attached hydrogens (tertiary/aromatic N) is 1. The van der Waals surface area contributed by atoms with Crippen molar-refractivity contribution in [1.82, 2.24) is 5.32 Å². The zero-order valence-electron chi connectivity index (χ0n) is 13.4. The Kier molecular flexibility index (Phi) is 6.32. The average molecular weight is 335 g/mol. The molecule has 0 heterocycles. The molecule has 0 aromatic heterocycles. The van der Waals surface area contributed by atoms with Crippen LogP contribution in [-0.2, 0) is 22.6 Å². The molecule has 0 radical (unpaired) electrons. The molecule has 0 unspecified atom stereocenters. The molecule has 6 nitrogen and oxygen atoms in total. The van der Waals surface area contributed by atoms with Gasteiger partial charge in [-0.05, 0) is 23.3 Å². The SMILES string of the molecule is N#C/C(=C/Nc1ccc(CC(=O)O)cc1)C(=O)NCc1ccccc1. The highest BCUT2D eigenvalue weighted by Gasteiger charge is 2.08. The van der Waals surface area contributed by atoms with Gasteiger partial charge in [-0.2, -0.15) is 5.26 Å². The van der Waals surface area contributed by atoms with E-state index >= 15 is 0 Å². The Hall–Kier alpha value is -3.59. The first-order chi connectivity index (χ1) is 12.1. The third-order valence-corrected chi connectivity index (χ3v) is 3.35. The number of carboxylic acids is 1. The van der Waals surface area contributed by atoms with Crippen LogP contribution in [0.15, 0.2) is 66.4 Å². The number of anilines is 1. The van der Waals surface area contributed by atoms with Gasteiger partial charge < -0.3 is 15.7 Å². The highest BCUT2D eigenvalue weighted by molar-refractivity contribution is 5.97. The van der Waals surface area contributed by atoms with Crippen LogP contribution in [0, 0.1) is 11.3 Å². The van der Waals surface area contributed by atoms with Gasteiger partial charge in [-0.15, -0.1) is 0 Å². The minimum absolute atomic E-state index is 0.0504. The van der Waals surface area contributed by atoms with Crippen molar-refractivity contribution in [3.63, 3.8) is 0 Å². The third-order valence-electron chi connectivity index (χ3n) is 3.35. The second-order valence-electron chi connectivity index (χ2n) is 5.25. The van der Waals surface area contributed by atoms with E-state index in [-0.39, 0.29) is 12.0 Å². The van der Waals surface area contributed by atoms with Crippen molar-refractivity contribution >= 4 is 17.6 Å². The molecule has 0 spiro atoms. The number of hydrogen-bond donors (Lipinski definition) is 3. The molecule has 0 aliphatic rings. The molecule has 0 aliphatic heterocycles. The molecule has 0 fully saturated rings. The molecular weight excluding hydrogens is 318 g/mol. The average Bonchev–Trinajstić information content (AvgIpc) is 2.62. The van der Waals surface area contributed by atoms with Crippen molar-refractivity contribution in [2.75, 3.05) is 5.32 Å². The summed E-state index contributed by atoms with van der Waals surface area (Å²) in [5, 5.41) is 23.4. The molecule has 6 heteroatoms. The largest absolute Gasteiger partial charge is 0.481 e. The summed E-state index contributed by atoms with van der Waals surface area (Å²) < 4.78 is 0. The first-order valence-corrected chi connectivity index (χ1v) is 7.58. The van der Waals surface area contributed by atoms with E-state index in [1.807, 2.05) is 36.4 Å². The maximum atomic E-state index is 12.0. The first-order valence-electron chi connectivity index (χ1n) is 7.58. The number of nitriles is 1. The smallest absolute Gasteiger partial charge is 0.307 e. The van der Waals surface area contributed by atoms with E-state index in [0.29, 0.717) is 17.8 Å². The van der Waals surface area contributed by atoms with Gasteiger partial charge in [0.1, 0.15) is 11.6 Å². The normalized spacial score (nSPS) is 10.6. The van der Waals surface area contributed by atoms with Crippen molar-refractivity contribution in [2.45, 2.75) is 13.0 Å². The first kappa shape index (κ1) is 17.8. The topological polar surface area (TPSA) is 102 Å². The van der Waals surface area contributed by atoms with Crippen LogP contribution in [0.4, 0.5) is 5.69 Å². The van der Waals surface area contributed by atoms with Crippen molar-refractivity contribution in [1.29, 1.82) is 5.26 Å². The van der Waals surface area contributed by atoms with Gasteiger partial charge in [0, 0.05) is 18.4 Å². The molecule has 0 atom stereocenters. The molecule has 2 rings (SSSR count). The maximum Gasteiger partial charge on any atom is 0.307 e. The standard InChI is InChI=1S/C19H17N3O3/c20-11-16(19(25)22-12-15-4-2-1-3-5-15)13-21-17-8-6-14(7-9-17)10-18(23)24/h1-9,13,21H,10,12H2,(H,22,25)(H,23,24)/b16-13-. The Morgan fingerprint density at radius 3 is 2.32 bits per heavy atom. The number of carbonyl (C=O) groups excluding carboxylic acids is 1. The number of carbonyl (C=O) groups is 2. The molecule has 25 heavy (non-hydrogen) atoms. The second kappa shape index (κ2) is 8.89. The molecule has 2 aromatic rings. The molecule has 2 aromatic carbocycles. The summed E-state index contributed by atoms with van der Waals surface area (Å²) in [5.41, 5.74) is 2.21. The molecule has 126 valence electrons. The second-order valence-corrected chi connectivity index (χ2v) is 5.25. The molecular formula is C19H17N3O3. The summed E-state index contributed by atoms with van der Waals surface area (Å²) in [6.45, 7) is 0.336. The minimum atomic E-state index is -0.901. The van der Waals surface area contributed by atoms with Crippen molar-refractivity contribution in [3.05, 3.63) is 77.5 Å². The van der Waals surface area contributed by atoms with E-state index < -0.39 is 11.9 Å². The fourth-order valence-corrected chi connectivity index (χ4v) is 2.07. The third kappa shape index (κ3) is 5.84. The van der Waals surface area contributed by atoms with Crippen LogP contribution in [0.2, 0.25) is 0 Å². The Bertz CT molecular complexity index is 806. The Morgan fingerprint density at radius 2 is 1.72 bits per heavy atom. The highest BCUT2D eigenvalue weighted by Crippen LogP contribution is 2.11. The Morgan fingerprint density at radius 1 is 1.04 bits per heavy atom. The van der Waals surface area contributed by atoms with Crippen LogP contribution in [-0.4, -0.2) is 17.0 Å². The molecule has 0 saturated heterocycles. The van der Waals surface area contributed by atoms with Gasteiger partial charge >= 0.3 is 5.97 Å². The van der Waals surface area contributed by atoms with Crippen LogP contribution >= 0.6 is 0 Å². The fraction of sp³-hybridized carbons (Fsp3) is 0.105. The van der Waals surface area contributed by atoms with Gasteiger partial charge in [-0.1, -0.05) is 42.5 Å². The van der Waals surface area contributed by atoms with Gasteiger partial charge in [0.05, 0.1) is 6.42 Å².